The van der Waals surface area contributed by atoms with Crippen LogP contribution in [0.25, 0.3) is 0 Å². The van der Waals surface area contributed by atoms with Crippen molar-refractivity contribution in [2.24, 2.45) is 7.05 Å². The molecule has 1 aromatic heterocycles. The van der Waals surface area contributed by atoms with Crippen LogP contribution in [-0.4, -0.2) is 9.36 Å². The van der Waals surface area contributed by atoms with E-state index in [-0.39, 0.29) is 5.56 Å². The number of nitrogen functional groups attached to an aromatic ring is 1. The zero-order valence-corrected chi connectivity index (χ0v) is 10.4. The monoisotopic (exact) mass is 231 g/mol. The fourth-order valence-electron chi connectivity index (χ4n) is 1.83. The third-order valence-electron chi connectivity index (χ3n) is 3.16. The molecule has 0 saturated heterocycles. The minimum absolute atomic E-state index is 0.120. The molecule has 0 atom stereocenters. The van der Waals surface area contributed by atoms with Gasteiger partial charge in [-0.15, -0.1) is 0 Å². The van der Waals surface area contributed by atoms with Crippen molar-refractivity contribution in [1.82, 2.24) is 9.36 Å². The standard InChI is InChI=1S/C13H17N3O/c1-9-4-6-11(7-5-9)8-16-13(17)12(14)10(2)15(16)3/h4-7H,8,14H2,1-3H3. The summed E-state index contributed by atoms with van der Waals surface area (Å²) in [6.45, 7) is 4.44. The average Bonchev–Trinajstić information content (AvgIpc) is 2.50. The lowest BCUT2D eigenvalue weighted by molar-refractivity contribution is 0.525. The summed E-state index contributed by atoms with van der Waals surface area (Å²) < 4.78 is 3.45. The van der Waals surface area contributed by atoms with Crippen LogP contribution in [-0.2, 0) is 13.6 Å². The molecule has 0 radical (unpaired) electrons. The largest absolute Gasteiger partial charge is 0.393 e. The van der Waals surface area contributed by atoms with E-state index >= 15 is 0 Å². The highest BCUT2D eigenvalue weighted by Crippen LogP contribution is 2.08. The van der Waals surface area contributed by atoms with Crippen LogP contribution in [0.4, 0.5) is 5.69 Å². The maximum atomic E-state index is 11.9. The number of aromatic nitrogens is 2. The van der Waals surface area contributed by atoms with E-state index in [0.717, 1.165) is 11.3 Å². The summed E-state index contributed by atoms with van der Waals surface area (Å²) in [6.07, 6.45) is 0. The molecule has 0 bridgehead atoms. The molecule has 0 amide bonds. The van der Waals surface area contributed by atoms with Gasteiger partial charge in [-0.05, 0) is 19.4 Å². The molecule has 2 aromatic rings. The smallest absolute Gasteiger partial charge is 0.290 e. The van der Waals surface area contributed by atoms with Crippen LogP contribution in [0, 0.1) is 13.8 Å². The lowest BCUT2D eigenvalue weighted by atomic mass is 10.1. The first-order valence-corrected chi connectivity index (χ1v) is 5.58. The molecule has 2 N–H and O–H groups in total. The number of benzene rings is 1. The third kappa shape index (κ3) is 1.98. The van der Waals surface area contributed by atoms with Crippen molar-refractivity contribution >= 4 is 5.69 Å². The van der Waals surface area contributed by atoms with Crippen molar-refractivity contribution < 1.29 is 0 Å². The third-order valence-corrected chi connectivity index (χ3v) is 3.16. The van der Waals surface area contributed by atoms with Crippen LogP contribution in [0.1, 0.15) is 16.8 Å². The van der Waals surface area contributed by atoms with Crippen molar-refractivity contribution in [2.45, 2.75) is 20.4 Å². The molecule has 0 aliphatic carbocycles. The van der Waals surface area contributed by atoms with Gasteiger partial charge in [-0.2, -0.15) is 0 Å². The van der Waals surface area contributed by atoms with E-state index in [9.17, 15) is 4.79 Å². The SMILES string of the molecule is Cc1ccc(Cn2c(=O)c(N)c(C)n2C)cc1. The highest BCUT2D eigenvalue weighted by atomic mass is 16.1. The summed E-state index contributed by atoms with van der Waals surface area (Å²) in [4.78, 5) is 11.9. The number of aryl methyl sites for hydroxylation is 1. The summed E-state index contributed by atoms with van der Waals surface area (Å²) in [5.74, 6) is 0. The van der Waals surface area contributed by atoms with Crippen molar-refractivity contribution in [3.05, 3.63) is 51.4 Å². The molecule has 0 spiro atoms. The Morgan fingerprint density at radius 1 is 1.18 bits per heavy atom. The van der Waals surface area contributed by atoms with Crippen LogP contribution in [0.3, 0.4) is 0 Å². The summed E-state index contributed by atoms with van der Waals surface area (Å²) in [5.41, 5.74) is 9.06. The van der Waals surface area contributed by atoms with Crippen LogP contribution in [0.15, 0.2) is 29.1 Å². The molecule has 90 valence electrons. The average molecular weight is 231 g/mol. The molecular weight excluding hydrogens is 214 g/mol. The Bertz CT molecular complexity index is 590. The lowest BCUT2D eigenvalue weighted by Crippen LogP contribution is -2.23. The quantitative estimate of drug-likeness (QED) is 0.850. The molecule has 0 unspecified atom stereocenters. The van der Waals surface area contributed by atoms with E-state index in [1.807, 2.05) is 45.2 Å². The Kier molecular flexibility index (Phi) is 2.79. The number of hydrogen-bond donors (Lipinski definition) is 1. The van der Waals surface area contributed by atoms with E-state index < -0.39 is 0 Å². The predicted octanol–water partition coefficient (Wildman–Crippen LogP) is 1.43. The minimum Gasteiger partial charge on any atom is -0.393 e. The Balaban J connectivity index is 2.40. The van der Waals surface area contributed by atoms with Gasteiger partial charge in [-0.25, -0.2) is 4.68 Å². The number of nitrogens with two attached hydrogens (primary N) is 1. The molecule has 0 saturated carbocycles. The molecule has 0 aliphatic rings. The molecule has 4 nitrogen and oxygen atoms in total. The Morgan fingerprint density at radius 3 is 2.24 bits per heavy atom. The van der Waals surface area contributed by atoms with Gasteiger partial charge in [0.1, 0.15) is 5.69 Å². The normalized spacial score (nSPS) is 10.8. The van der Waals surface area contributed by atoms with Crippen molar-refractivity contribution in [1.29, 1.82) is 0 Å². The summed E-state index contributed by atoms with van der Waals surface area (Å²) in [5, 5.41) is 0. The van der Waals surface area contributed by atoms with Gasteiger partial charge in [0, 0.05) is 7.05 Å². The second-order valence-corrected chi connectivity index (χ2v) is 4.37. The van der Waals surface area contributed by atoms with Gasteiger partial charge in [0.2, 0.25) is 0 Å². The Labute approximate surface area is 100 Å². The minimum atomic E-state index is -0.120. The van der Waals surface area contributed by atoms with Crippen LogP contribution in [0.5, 0.6) is 0 Å². The van der Waals surface area contributed by atoms with Gasteiger partial charge in [0.25, 0.3) is 5.56 Å². The molecular formula is C13H17N3O. The zero-order chi connectivity index (χ0) is 12.6. The molecule has 2 rings (SSSR count). The number of rotatable bonds is 2. The second kappa shape index (κ2) is 4.13. The fourth-order valence-corrected chi connectivity index (χ4v) is 1.83. The number of anilines is 1. The maximum absolute atomic E-state index is 11.9. The van der Waals surface area contributed by atoms with Gasteiger partial charge in [0.05, 0.1) is 12.2 Å². The zero-order valence-electron chi connectivity index (χ0n) is 10.4. The molecule has 0 fully saturated rings. The fraction of sp³-hybridized carbons (Fsp3) is 0.308. The van der Waals surface area contributed by atoms with E-state index in [2.05, 4.69) is 0 Å². The molecule has 17 heavy (non-hydrogen) atoms. The van der Waals surface area contributed by atoms with E-state index in [1.54, 1.807) is 9.36 Å². The van der Waals surface area contributed by atoms with Crippen LogP contribution >= 0.6 is 0 Å². The first-order chi connectivity index (χ1) is 8.00. The first-order valence-electron chi connectivity index (χ1n) is 5.58. The number of hydrogen-bond acceptors (Lipinski definition) is 2. The van der Waals surface area contributed by atoms with Crippen molar-refractivity contribution in [3.63, 3.8) is 0 Å². The van der Waals surface area contributed by atoms with Crippen molar-refractivity contribution in [2.75, 3.05) is 5.73 Å². The van der Waals surface area contributed by atoms with Gasteiger partial charge in [-0.1, -0.05) is 29.8 Å². The van der Waals surface area contributed by atoms with Gasteiger partial charge in [-0.3, -0.25) is 9.48 Å². The van der Waals surface area contributed by atoms with E-state index in [4.69, 9.17) is 5.73 Å². The lowest BCUT2D eigenvalue weighted by Gasteiger charge is -2.08. The second-order valence-electron chi connectivity index (χ2n) is 4.37. The summed E-state index contributed by atoms with van der Waals surface area (Å²) in [6, 6.07) is 8.14. The van der Waals surface area contributed by atoms with Gasteiger partial charge < -0.3 is 5.73 Å². The molecule has 1 aromatic carbocycles. The molecule has 1 heterocycles. The summed E-state index contributed by atoms with van der Waals surface area (Å²) in [7, 11) is 1.85. The predicted molar refractivity (Wildman–Crippen MR) is 69.1 cm³/mol. The van der Waals surface area contributed by atoms with Crippen molar-refractivity contribution in [3.8, 4) is 0 Å². The highest BCUT2D eigenvalue weighted by Gasteiger charge is 2.11. The molecule has 0 aliphatic heterocycles. The van der Waals surface area contributed by atoms with Crippen LogP contribution in [0.2, 0.25) is 0 Å². The summed E-state index contributed by atoms with van der Waals surface area (Å²) >= 11 is 0. The van der Waals surface area contributed by atoms with Crippen LogP contribution < -0.4 is 11.3 Å². The van der Waals surface area contributed by atoms with Gasteiger partial charge >= 0.3 is 0 Å². The maximum Gasteiger partial charge on any atom is 0.290 e. The van der Waals surface area contributed by atoms with Gasteiger partial charge in [0.15, 0.2) is 0 Å². The van der Waals surface area contributed by atoms with E-state index in [1.165, 1.54) is 5.56 Å². The topological polar surface area (TPSA) is 52.9 Å². The molecule has 4 heteroatoms. The Morgan fingerprint density at radius 2 is 1.76 bits per heavy atom. The Hall–Kier alpha value is -1.97. The first kappa shape index (κ1) is 11.5. The van der Waals surface area contributed by atoms with E-state index in [0.29, 0.717) is 12.2 Å². The number of nitrogens with zero attached hydrogens (tertiary/aromatic N) is 2. The highest BCUT2D eigenvalue weighted by molar-refractivity contribution is 5.40.